The summed E-state index contributed by atoms with van der Waals surface area (Å²) in [6, 6.07) is 25.9. The van der Waals surface area contributed by atoms with Gasteiger partial charge in [0, 0.05) is 12.0 Å². The molecule has 0 spiro atoms. The minimum Gasteiger partial charge on any atom is -0.497 e. The number of para-hydroxylation sites is 2. The number of benzene rings is 4. The maximum absolute atomic E-state index is 14.0. The zero-order valence-electron chi connectivity index (χ0n) is 24.0. The molecule has 3 aliphatic heterocycles. The van der Waals surface area contributed by atoms with Crippen LogP contribution in [0.4, 0.5) is 5.69 Å². The normalized spacial score (nSPS) is 20.8. The summed E-state index contributed by atoms with van der Waals surface area (Å²) in [5, 5.41) is 17.9. The van der Waals surface area contributed by atoms with E-state index in [0.29, 0.717) is 23.6 Å². The van der Waals surface area contributed by atoms with Crippen molar-refractivity contribution in [3.05, 3.63) is 102 Å². The Morgan fingerprint density at radius 3 is 2.41 bits per heavy atom. The molecule has 0 radical (unpaired) electrons. The van der Waals surface area contributed by atoms with Crippen molar-refractivity contribution in [1.29, 1.82) is 0 Å². The minimum atomic E-state index is -1.05. The van der Waals surface area contributed by atoms with Crippen LogP contribution in [0.25, 0.3) is 10.8 Å². The van der Waals surface area contributed by atoms with Crippen molar-refractivity contribution in [2.24, 2.45) is 15.4 Å². The molecule has 1 saturated heterocycles. The standard InChI is InChI=1S/C33H28N6O5/c1-43-22-16-14-21(15-17-22)27-18-25(24-11-7-9-20-8-3-4-10-23(20)24)35-39(27)29(40)19-37-31-30(34-36-37)32(41)38(33(31)42)26-12-5-6-13-28(26)44-2/h3-17,27,30-31H,18-19H2,1-2H3/t27-,30-,31-/m0/s1. The second kappa shape index (κ2) is 10.9. The fourth-order valence-electron chi connectivity index (χ4n) is 6.08. The highest BCUT2D eigenvalue weighted by Gasteiger charge is 2.56. The number of rotatable bonds is 7. The maximum atomic E-state index is 14.0. The van der Waals surface area contributed by atoms with Crippen molar-refractivity contribution in [2.75, 3.05) is 25.7 Å². The van der Waals surface area contributed by atoms with Crippen LogP contribution in [-0.2, 0) is 14.4 Å². The Morgan fingerprint density at radius 2 is 1.61 bits per heavy atom. The molecule has 220 valence electrons. The third kappa shape index (κ3) is 4.44. The molecule has 11 heteroatoms. The van der Waals surface area contributed by atoms with Gasteiger partial charge in [0.05, 0.1) is 31.7 Å². The maximum Gasteiger partial charge on any atom is 0.264 e. The van der Waals surface area contributed by atoms with Gasteiger partial charge >= 0.3 is 0 Å². The Morgan fingerprint density at radius 1 is 0.864 bits per heavy atom. The van der Waals surface area contributed by atoms with E-state index in [1.807, 2.05) is 66.7 Å². The molecule has 11 nitrogen and oxygen atoms in total. The highest BCUT2D eigenvalue weighted by Crippen LogP contribution is 2.38. The zero-order valence-corrected chi connectivity index (χ0v) is 24.0. The van der Waals surface area contributed by atoms with Gasteiger partial charge in [-0.25, -0.2) is 9.91 Å². The van der Waals surface area contributed by atoms with Crippen molar-refractivity contribution in [1.82, 2.24) is 10.0 Å². The lowest BCUT2D eigenvalue weighted by molar-refractivity contribution is -0.135. The molecule has 3 atom stereocenters. The van der Waals surface area contributed by atoms with Crippen LogP contribution in [0.1, 0.15) is 23.6 Å². The van der Waals surface area contributed by atoms with Crippen molar-refractivity contribution in [3.8, 4) is 11.5 Å². The number of fused-ring (bicyclic) bond motifs is 2. The predicted octanol–water partition coefficient (Wildman–Crippen LogP) is 4.53. The number of carbonyl (C=O) groups is 3. The van der Waals surface area contributed by atoms with Crippen molar-refractivity contribution in [3.63, 3.8) is 0 Å². The van der Waals surface area contributed by atoms with Gasteiger partial charge in [-0.15, -0.1) is 0 Å². The number of ether oxygens (including phenoxy) is 2. The first-order valence-electron chi connectivity index (χ1n) is 14.2. The van der Waals surface area contributed by atoms with Crippen LogP contribution in [-0.4, -0.2) is 66.3 Å². The third-order valence-electron chi connectivity index (χ3n) is 8.25. The van der Waals surface area contributed by atoms with Crippen LogP contribution in [0.3, 0.4) is 0 Å². The summed E-state index contributed by atoms with van der Waals surface area (Å²) in [6.07, 6.45) is 0.485. The number of amides is 3. The second-order valence-electron chi connectivity index (χ2n) is 10.7. The van der Waals surface area contributed by atoms with Crippen LogP contribution in [0.15, 0.2) is 106 Å². The Kier molecular flexibility index (Phi) is 6.77. The number of nitrogens with zero attached hydrogens (tertiary/aromatic N) is 6. The lowest BCUT2D eigenvalue weighted by atomic mass is 9.95. The Labute approximate surface area is 252 Å². The summed E-state index contributed by atoms with van der Waals surface area (Å²) in [5.41, 5.74) is 2.92. The van der Waals surface area contributed by atoms with Gasteiger partial charge in [0.2, 0.25) is 0 Å². The lowest BCUT2D eigenvalue weighted by Crippen LogP contribution is -2.44. The van der Waals surface area contributed by atoms with Gasteiger partial charge < -0.3 is 9.47 Å². The molecular weight excluding hydrogens is 560 g/mol. The average Bonchev–Trinajstić information content (AvgIpc) is 3.76. The molecule has 3 amide bonds. The van der Waals surface area contributed by atoms with Gasteiger partial charge in [-0.3, -0.25) is 19.4 Å². The molecule has 44 heavy (non-hydrogen) atoms. The van der Waals surface area contributed by atoms with Crippen LogP contribution < -0.4 is 14.4 Å². The van der Waals surface area contributed by atoms with Gasteiger partial charge in [0.15, 0.2) is 12.1 Å². The summed E-state index contributed by atoms with van der Waals surface area (Å²) < 4.78 is 10.7. The van der Waals surface area contributed by atoms with Crippen molar-refractivity contribution in [2.45, 2.75) is 24.5 Å². The van der Waals surface area contributed by atoms with Crippen LogP contribution in [0.2, 0.25) is 0 Å². The molecule has 4 aromatic carbocycles. The molecule has 1 fully saturated rings. The number of carbonyl (C=O) groups excluding carboxylic acids is 3. The smallest absolute Gasteiger partial charge is 0.264 e. The van der Waals surface area contributed by atoms with E-state index in [1.165, 1.54) is 17.1 Å². The van der Waals surface area contributed by atoms with Crippen molar-refractivity contribution >= 4 is 39.9 Å². The van der Waals surface area contributed by atoms with Gasteiger partial charge in [-0.2, -0.15) is 10.2 Å². The zero-order chi connectivity index (χ0) is 30.4. The van der Waals surface area contributed by atoms with Gasteiger partial charge in [-0.1, -0.05) is 72.0 Å². The molecule has 0 aliphatic carbocycles. The Bertz CT molecular complexity index is 1850. The SMILES string of the molecule is COc1ccc([C@@H]2CC(c3cccc4ccccc34)=NN2C(=O)CN2N=N[C@@H]3C(=O)N(c4ccccc4OC)C(=O)[C@H]32)cc1. The quantitative estimate of drug-likeness (QED) is 0.293. The molecule has 3 aliphatic rings. The van der Waals surface area contributed by atoms with Crippen molar-refractivity contribution < 1.29 is 23.9 Å². The van der Waals surface area contributed by atoms with E-state index in [1.54, 1.807) is 31.4 Å². The summed E-state index contributed by atoms with van der Waals surface area (Å²) in [6.45, 7) is -0.289. The number of hydrogen-bond acceptors (Lipinski definition) is 9. The van der Waals surface area contributed by atoms with Crippen LogP contribution in [0, 0.1) is 0 Å². The van der Waals surface area contributed by atoms with E-state index in [4.69, 9.17) is 14.6 Å². The van der Waals surface area contributed by atoms with E-state index in [2.05, 4.69) is 10.3 Å². The summed E-state index contributed by atoms with van der Waals surface area (Å²) >= 11 is 0. The molecule has 0 saturated carbocycles. The molecule has 0 bridgehead atoms. The van der Waals surface area contributed by atoms with E-state index in [9.17, 15) is 14.4 Å². The fourth-order valence-corrected chi connectivity index (χ4v) is 6.08. The largest absolute Gasteiger partial charge is 0.497 e. The van der Waals surface area contributed by atoms with E-state index < -0.39 is 29.9 Å². The van der Waals surface area contributed by atoms with E-state index >= 15 is 0 Å². The first-order chi connectivity index (χ1) is 21.5. The highest BCUT2D eigenvalue weighted by molar-refractivity contribution is 6.26. The minimum absolute atomic E-state index is 0.289. The predicted molar refractivity (Wildman–Crippen MR) is 162 cm³/mol. The summed E-state index contributed by atoms with van der Waals surface area (Å²) in [5.74, 6) is -0.334. The molecular formula is C33H28N6O5. The Hall–Kier alpha value is -5.58. The van der Waals surface area contributed by atoms with Crippen LogP contribution >= 0.6 is 0 Å². The second-order valence-corrected chi connectivity index (χ2v) is 10.7. The fraction of sp³-hybridized carbons (Fsp3) is 0.212. The highest BCUT2D eigenvalue weighted by atomic mass is 16.5. The monoisotopic (exact) mass is 588 g/mol. The third-order valence-corrected chi connectivity index (χ3v) is 8.25. The first kappa shape index (κ1) is 27.3. The number of imide groups is 1. The average molecular weight is 589 g/mol. The Balaban J connectivity index is 1.19. The number of hydrogen-bond donors (Lipinski definition) is 0. The molecule has 4 aromatic rings. The number of anilines is 1. The number of hydrazone groups is 1. The molecule has 7 rings (SSSR count). The molecule has 0 unspecified atom stereocenters. The molecule has 0 N–H and O–H groups in total. The molecule has 3 heterocycles. The lowest BCUT2D eigenvalue weighted by Gasteiger charge is -2.25. The van der Waals surface area contributed by atoms with E-state index in [-0.39, 0.29) is 12.5 Å². The van der Waals surface area contributed by atoms with E-state index in [0.717, 1.165) is 32.5 Å². The number of methoxy groups -OCH3 is 2. The topological polar surface area (TPSA) is 116 Å². The van der Waals surface area contributed by atoms with Crippen LogP contribution in [0.5, 0.6) is 11.5 Å². The summed E-state index contributed by atoms with van der Waals surface area (Å²) in [7, 11) is 3.07. The molecule has 0 aromatic heterocycles. The van der Waals surface area contributed by atoms with Gasteiger partial charge in [-0.05, 0) is 40.6 Å². The van der Waals surface area contributed by atoms with Gasteiger partial charge in [0.1, 0.15) is 18.0 Å². The first-order valence-corrected chi connectivity index (χ1v) is 14.2. The summed E-state index contributed by atoms with van der Waals surface area (Å²) in [4.78, 5) is 42.0. The van der Waals surface area contributed by atoms with Gasteiger partial charge in [0.25, 0.3) is 17.7 Å².